The number of phenolic OH excluding ortho intramolecular Hbond substituents is 2. The number of phenols is 2. The third-order valence-electron chi connectivity index (χ3n) is 3.22. The lowest BCUT2D eigenvalue weighted by Crippen LogP contribution is -2.05. The summed E-state index contributed by atoms with van der Waals surface area (Å²) in [5, 5.41) is 22.3. The molecule has 3 N–H and O–H groups in total. The van der Waals surface area contributed by atoms with E-state index in [-0.39, 0.29) is 17.5 Å². The van der Waals surface area contributed by atoms with Crippen molar-refractivity contribution in [3.05, 3.63) is 53.1 Å². The number of anilines is 1. The molecule has 0 aromatic heterocycles. The van der Waals surface area contributed by atoms with Crippen LogP contribution in [0.5, 0.6) is 11.5 Å². The van der Waals surface area contributed by atoms with E-state index in [1.807, 2.05) is 6.92 Å². The van der Waals surface area contributed by atoms with Gasteiger partial charge in [0.25, 0.3) is 0 Å². The topological polar surface area (TPSA) is 78.8 Å². The summed E-state index contributed by atoms with van der Waals surface area (Å²) in [4.78, 5) is 11.4. The van der Waals surface area contributed by atoms with Gasteiger partial charge in [-0.3, -0.25) is 0 Å². The predicted molar refractivity (Wildman–Crippen MR) is 79.6 cm³/mol. The van der Waals surface area contributed by atoms with Gasteiger partial charge in [0.2, 0.25) is 0 Å². The number of methoxy groups -OCH3 is 1. The molecule has 0 radical (unpaired) electrons. The van der Waals surface area contributed by atoms with Gasteiger partial charge >= 0.3 is 5.97 Å². The van der Waals surface area contributed by atoms with Gasteiger partial charge in [0, 0.05) is 17.8 Å². The Labute approximate surface area is 122 Å². The summed E-state index contributed by atoms with van der Waals surface area (Å²) in [7, 11) is 1.34. The highest BCUT2D eigenvalue weighted by Crippen LogP contribution is 2.29. The summed E-state index contributed by atoms with van der Waals surface area (Å²) < 4.78 is 4.67. The second kappa shape index (κ2) is 6.17. The van der Waals surface area contributed by atoms with Crippen molar-refractivity contribution in [2.45, 2.75) is 13.5 Å². The molecule has 0 aliphatic carbocycles. The molecule has 0 amide bonds. The van der Waals surface area contributed by atoms with Crippen LogP contribution in [0, 0.1) is 6.92 Å². The van der Waals surface area contributed by atoms with Crippen LogP contribution in [0.1, 0.15) is 21.5 Å². The third kappa shape index (κ3) is 3.25. The smallest absolute Gasteiger partial charge is 0.337 e. The maximum absolute atomic E-state index is 11.4. The van der Waals surface area contributed by atoms with Gasteiger partial charge in [-0.05, 0) is 36.8 Å². The Kier molecular flexibility index (Phi) is 4.33. The van der Waals surface area contributed by atoms with Crippen molar-refractivity contribution in [2.24, 2.45) is 0 Å². The minimum absolute atomic E-state index is 0.131. The molecule has 0 fully saturated rings. The number of aromatic hydroxyl groups is 2. The zero-order valence-corrected chi connectivity index (χ0v) is 11.9. The molecule has 5 heteroatoms. The molecule has 0 unspecified atom stereocenters. The Balaban J connectivity index is 2.13. The van der Waals surface area contributed by atoms with Crippen LogP contribution < -0.4 is 5.32 Å². The van der Waals surface area contributed by atoms with Gasteiger partial charge in [0.1, 0.15) is 0 Å². The molecule has 110 valence electrons. The van der Waals surface area contributed by atoms with Crippen molar-refractivity contribution in [2.75, 3.05) is 12.4 Å². The molecule has 0 heterocycles. The number of benzene rings is 2. The lowest BCUT2D eigenvalue weighted by Gasteiger charge is -2.12. The Bertz CT molecular complexity index is 667. The van der Waals surface area contributed by atoms with E-state index in [1.54, 1.807) is 30.3 Å². The average Bonchev–Trinajstić information content (AvgIpc) is 2.49. The number of para-hydroxylation sites is 1. The number of esters is 1. The first kappa shape index (κ1) is 14.7. The normalized spacial score (nSPS) is 10.2. The third-order valence-corrected chi connectivity index (χ3v) is 3.22. The number of nitrogens with one attached hydrogen (secondary N) is 1. The van der Waals surface area contributed by atoms with Gasteiger partial charge in [-0.1, -0.05) is 12.1 Å². The zero-order chi connectivity index (χ0) is 15.4. The van der Waals surface area contributed by atoms with Crippen LogP contribution in [0.3, 0.4) is 0 Å². The van der Waals surface area contributed by atoms with E-state index >= 15 is 0 Å². The van der Waals surface area contributed by atoms with Crippen LogP contribution in [0.4, 0.5) is 5.69 Å². The van der Waals surface area contributed by atoms with E-state index in [0.29, 0.717) is 17.7 Å². The fourth-order valence-electron chi connectivity index (χ4n) is 2.02. The highest BCUT2D eigenvalue weighted by atomic mass is 16.5. The van der Waals surface area contributed by atoms with E-state index in [4.69, 9.17) is 0 Å². The molecular formula is C16H17NO4. The van der Waals surface area contributed by atoms with Crippen LogP contribution >= 0.6 is 0 Å². The Morgan fingerprint density at radius 2 is 2.00 bits per heavy atom. The van der Waals surface area contributed by atoms with Crippen molar-refractivity contribution < 1.29 is 19.7 Å². The van der Waals surface area contributed by atoms with E-state index < -0.39 is 0 Å². The number of ether oxygens (including phenoxy) is 1. The van der Waals surface area contributed by atoms with Crippen LogP contribution in [0.25, 0.3) is 0 Å². The number of rotatable bonds is 4. The number of carbonyl (C=O) groups is 1. The minimum atomic E-state index is -0.379. The molecule has 2 aromatic carbocycles. The summed E-state index contributed by atoms with van der Waals surface area (Å²) in [5.74, 6) is -0.656. The first-order valence-corrected chi connectivity index (χ1v) is 6.45. The Morgan fingerprint density at radius 1 is 1.24 bits per heavy atom. The van der Waals surface area contributed by atoms with E-state index in [2.05, 4.69) is 10.1 Å². The molecule has 0 aliphatic heterocycles. The maximum Gasteiger partial charge on any atom is 0.337 e. The SMILES string of the molecule is COC(=O)c1ccc(NCc2cccc(O)c2O)c(C)c1. The van der Waals surface area contributed by atoms with Crippen molar-refractivity contribution in [1.82, 2.24) is 0 Å². The van der Waals surface area contributed by atoms with Gasteiger partial charge in [-0.25, -0.2) is 4.79 Å². The molecular weight excluding hydrogens is 270 g/mol. The predicted octanol–water partition coefficient (Wildman–Crippen LogP) is 2.80. The molecule has 2 rings (SSSR count). The molecule has 0 spiro atoms. The van der Waals surface area contributed by atoms with Gasteiger partial charge in [0.15, 0.2) is 11.5 Å². The van der Waals surface area contributed by atoms with Crippen molar-refractivity contribution in [3.8, 4) is 11.5 Å². The molecule has 0 bridgehead atoms. The second-order valence-corrected chi connectivity index (χ2v) is 4.66. The number of aryl methyl sites for hydroxylation is 1. The minimum Gasteiger partial charge on any atom is -0.504 e. The summed E-state index contributed by atoms with van der Waals surface area (Å²) >= 11 is 0. The Morgan fingerprint density at radius 3 is 2.67 bits per heavy atom. The summed E-state index contributed by atoms with van der Waals surface area (Å²) in [5.41, 5.74) is 2.80. The molecule has 5 nitrogen and oxygen atoms in total. The maximum atomic E-state index is 11.4. The molecule has 0 saturated carbocycles. The molecule has 0 saturated heterocycles. The average molecular weight is 287 g/mol. The monoisotopic (exact) mass is 287 g/mol. The van der Waals surface area contributed by atoms with E-state index in [9.17, 15) is 15.0 Å². The quantitative estimate of drug-likeness (QED) is 0.595. The van der Waals surface area contributed by atoms with Crippen molar-refractivity contribution in [3.63, 3.8) is 0 Å². The second-order valence-electron chi connectivity index (χ2n) is 4.66. The lowest BCUT2D eigenvalue weighted by molar-refractivity contribution is 0.0600. The zero-order valence-electron chi connectivity index (χ0n) is 11.9. The standard InChI is InChI=1S/C16H17NO4/c1-10-8-11(16(20)21-2)6-7-13(10)17-9-12-4-3-5-14(18)15(12)19/h3-8,17-19H,9H2,1-2H3. The largest absolute Gasteiger partial charge is 0.504 e. The van der Waals surface area contributed by atoms with Gasteiger partial charge in [0.05, 0.1) is 12.7 Å². The summed E-state index contributed by atoms with van der Waals surface area (Å²) in [6.07, 6.45) is 0. The van der Waals surface area contributed by atoms with Gasteiger partial charge < -0.3 is 20.3 Å². The highest BCUT2D eigenvalue weighted by Gasteiger charge is 2.09. The van der Waals surface area contributed by atoms with E-state index in [1.165, 1.54) is 13.2 Å². The summed E-state index contributed by atoms with van der Waals surface area (Å²) in [6.45, 7) is 2.23. The van der Waals surface area contributed by atoms with E-state index in [0.717, 1.165) is 11.3 Å². The Hall–Kier alpha value is -2.69. The number of carbonyl (C=O) groups excluding carboxylic acids is 1. The van der Waals surface area contributed by atoms with Crippen LogP contribution in [0.2, 0.25) is 0 Å². The summed E-state index contributed by atoms with van der Waals surface area (Å²) in [6, 6.07) is 10.00. The lowest BCUT2D eigenvalue weighted by atomic mass is 10.1. The first-order chi connectivity index (χ1) is 10.0. The van der Waals surface area contributed by atoms with Crippen LogP contribution in [0.15, 0.2) is 36.4 Å². The highest BCUT2D eigenvalue weighted by molar-refractivity contribution is 5.90. The fraction of sp³-hybridized carbons (Fsp3) is 0.188. The molecule has 21 heavy (non-hydrogen) atoms. The fourth-order valence-corrected chi connectivity index (χ4v) is 2.02. The number of hydrogen-bond acceptors (Lipinski definition) is 5. The first-order valence-electron chi connectivity index (χ1n) is 6.45. The van der Waals surface area contributed by atoms with Crippen LogP contribution in [-0.4, -0.2) is 23.3 Å². The molecule has 2 aromatic rings. The number of hydrogen-bond donors (Lipinski definition) is 3. The van der Waals surface area contributed by atoms with Crippen molar-refractivity contribution >= 4 is 11.7 Å². The van der Waals surface area contributed by atoms with Gasteiger partial charge in [-0.15, -0.1) is 0 Å². The van der Waals surface area contributed by atoms with Gasteiger partial charge in [-0.2, -0.15) is 0 Å². The molecule has 0 aliphatic rings. The van der Waals surface area contributed by atoms with Crippen molar-refractivity contribution in [1.29, 1.82) is 0 Å². The van der Waals surface area contributed by atoms with Crippen LogP contribution in [-0.2, 0) is 11.3 Å². The molecule has 0 atom stereocenters.